The number of carbonyl (C=O) groups excluding carboxylic acids is 2. The summed E-state index contributed by atoms with van der Waals surface area (Å²) in [6.45, 7) is 3.13. The number of carbonyl (C=O) groups is 2. The maximum Gasteiger partial charge on any atom is 0.295 e. The van der Waals surface area contributed by atoms with E-state index in [0.29, 0.717) is 36.5 Å². The van der Waals surface area contributed by atoms with E-state index in [1.54, 1.807) is 43.5 Å². The van der Waals surface area contributed by atoms with Crippen molar-refractivity contribution in [1.29, 1.82) is 0 Å². The lowest BCUT2D eigenvalue weighted by atomic mass is 9.95. The van der Waals surface area contributed by atoms with Crippen LogP contribution in [0.2, 0.25) is 0 Å². The minimum atomic E-state index is -0.778. The molecule has 1 fully saturated rings. The fourth-order valence-corrected chi connectivity index (χ4v) is 4.33. The Morgan fingerprint density at radius 2 is 1.72 bits per heavy atom. The van der Waals surface area contributed by atoms with Gasteiger partial charge < -0.3 is 24.6 Å². The number of hydrogen-bond donors (Lipinski definition) is 2. The van der Waals surface area contributed by atoms with Gasteiger partial charge in [-0.15, -0.1) is 0 Å². The lowest BCUT2D eigenvalue weighted by Gasteiger charge is -2.25. The SMILES string of the molecule is COCCCN1C(=O)C(=O)C(=C(O)c2ccc(OCc3cccc(C)c3)cc2)[C@H]1c1ccc(O)cc1. The zero-order valence-electron chi connectivity index (χ0n) is 20.3. The number of aliphatic hydroxyl groups excluding tert-OH is 1. The second-order valence-corrected chi connectivity index (χ2v) is 8.73. The lowest BCUT2D eigenvalue weighted by molar-refractivity contribution is -0.140. The van der Waals surface area contributed by atoms with Crippen LogP contribution in [-0.2, 0) is 20.9 Å². The number of nitrogens with zero attached hydrogens (tertiary/aromatic N) is 1. The van der Waals surface area contributed by atoms with Gasteiger partial charge in [0.1, 0.15) is 23.9 Å². The Morgan fingerprint density at radius 3 is 2.39 bits per heavy atom. The Bertz CT molecular complexity index is 1260. The summed E-state index contributed by atoms with van der Waals surface area (Å²) in [4.78, 5) is 27.4. The number of phenols is 1. The molecule has 3 aromatic carbocycles. The summed E-state index contributed by atoms with van der Waals surface area (Å²) < 4.78 is 11.0. The van der Waals surface area contributed by atoms with Gasteiger partial charge in [0, 0.05) is 25.8 Å². The Morgan fingerprint density at radius 1 is 1.00 bits per heavy atom. The number of ether oxygens (including phenoxy) is 2. The van der Waals surface area contributed by atoms with Gasteiger partial charge in [0.25, 0.3) is 11.7 Å². The van der Waals surface area contributed by atoms with Crippen LogP contribution in [-0.4, -0.2) is 47.1 Å². The van der Waals surface area contributed by atoms with Crippen LogP contribution in [0, 0.1) is 6.92 Å². The van der Waals surface area contributed by atoms with Crippen LogP contribution < -0.4 is 4.74 Å². The molecular formula is C29H29NO6. The van der Waals surface area contributed by atoms with Crippen molar-refractivity contribution in [2.24, 2.45) is 0 Å². The molecular weight excluding hydrogens is 458 g/mol. The summed E-state index contributed by atoms with van der Waals surface area (Å²) in [6, 6.07) is 20.3. The molecule has 1 aliphatic rings. The molecule has 1 amide bonds. The van der Waals surface area contributed by atoms with Crippen molar-refractivity contribution < 1.29 is 29.3 Å². The molecule has 1 saturated heterocycles. The molecule has 36 heavy (non-hydrogen) atoms. The molecule has 186 valence electrons. The fraction of sp³-hybridized carbons (Fsp3) is 0.241. The van der Waals surface area contributed by atoms with Crippen molar-refractivity contribution >= 4 is 17.4 Å². The molecule has 0 unspecified atom stereocenters. The second kappa shape index (κ2) is 11.1. The number of methoxy groups -OCH3 is 1. The Kier molecular flexibility index (Phi) is 7.71. The summed E-state index contributed by atoms with van der Waals surface area (Å²) in [5.74, 6) is -1.00. The van der Waals surface area contributed by atoms with Crippen LogP contribution in [0.3, 0.4) is 0 Å². The van der Waals surface area contributed by atoms with Crippen LogP contribution in [0.25, 0.3) is 5.76 Å². The quantitative estimate of drug-likeness (QED) is 0.196. The fourth-order valence-electron chi connectivity index (χ4n) is 4.33. The summed E-state index contributed by atoms with van der Waals surface area (Å²) in [6.07, 6.45) is 0.533. The van der Waals surface area contributed by atoms with E-state index in [1.165, 1.54) is 17.0 Å². The minimum absolute atomic E-state index is 0.0107. The third-order valence-corrected chi connectivity index (χ3v) is 6.11. The molecule has 1 atom stereocenters. The van der Waals surface area contributed by atoms with Gasteiger partial charge in [-0.1, -0.05) is 42.0 Å². The standard InChI is InChI=1S/C29H29NO6/c1-19-5-3-6-20(17-19)18-36-24-13-9-22(10-14-24)27(32)25-26(21-7-11-23(31)12-8-21)30(15-4-16-35-2)29(34)28(25)33/h3,5-14,17,26,31-32H,4,15-16,18H2,1-2H3/t26-/m1/s1. The van der Waals surface area contributed by atoms with Crippen LogP contribution in [0.15, 0.2) is 78.4 Å². The highest BCUT2D eigenvalue weighted by Crippen LogP contribution is 2.40. The number of likely N-dealkylation sites (tertiary alicyclic amines) is 1. The average molecular weight is 488 g/mol. The third-order valence-electron chi connectivity index (χ3n) is 6.11. The molecule has 1 heterocycles. The topological polar surface area (TPSA) is 96.3 Å². The van der Waals surface area contributed by atoms with E-state index in [2.05, 4.69) is 6.07 Å². The number of amides is 1. The second-order valence-electron chi connectivity index (χ2n) is 8.73. The molecule has 0 radical (unpaired) electrons. The molecule has 0 bridgehead atoms. The van der Waals surface area contributed by atoms with Crippen LogP contribution in [0.5, 0.6) is 11.5 Å². The van der Waals surface area contributed by atoms with Crippen molar-refractivity contribution in [3.8, 4) is 11.5 Å². The number of ketones is 1. The molecule has 2 N–H and O–H groups in total. The molecule has 4 rings (SSSR count). The van der Waals surface area contributed by atoms with Gasteiger partial charge in [-0.05, 0) is 60.9 Å². The highest BCUT2D eigenvalue weighted by atomic mass is 16.5. The highest BCUT2D eigenvalue weighted by Gasteiger charge is 2.45. The zero-order chi connectivity index (χ0) is 25.7. The van der Waals surface area contributed by atoms with E-state index in [4.69, 9.17) is 9.47 Å². The predicted molar refractivity (Wildman–Crippen MR) is 136 cm³/mol. The van der Waals surface area contributed by atoms with E-state index < -0.39 is 17.7 Å². The van der Waals surface area contributed by atoms with E-state index in [-0.39, 0.29) is 23.6 Å². The van der Waals surface area contributed by atoms with Gasteiger partial charge in [0.05, 0.1) is 11.6 Å². The van der Waals surface area contributed by atoms with Crippen molar-refractivity contribution in [2.45, 2.75) is 26.0 Å². The number of aliphatic hydroxyl groups is 1. The minimum Gasteiger partial charge on any atom is -0.508 e. The number of hydrogen-bond acceptors (Lipinski definition) is 6. The van der Waals surface area contributed by atoms with Crippen molar-refractivity contribution in [1.82, 2.24) is 4.90 Å². The molecule has 3 aromatic rings. The number of benzene rings is 3. The molecule has 0 spiro atoms. The van der Waals surface area contributed by atoms with Gasteiger partial charge in [0.15, 0.2) is 0 Å². The van der Waals surface area contributed by atoms with Gasteiger partial charge in [-0.2, -0.15) is 0 Å². The van der Waals surface area contributed by atoms with Crippen LogP contribution in [0.1, 0.15) is 34.7 Å². The largest absolute Gasteiger partial charge is 0.508 e. The van der Waals surface area contributed by atoms with E-state index >= 15 is 0 Å². The van der Waals surface area contributed by atoms with Crippen molar-refractivity contribution in [3.63, 3.8) is 0 Å². The smallest absolute Gasteiger partial charge is 0.295 e. The van der Waals surface area contributed by atoms with Crippen molar-refractivity contribution in [2.75, 3.05) is 20.3 Å². The highest BCUT2D eigenvalue weighted by molar-refractivity contribution is 6.46. The number of Topliss-reactive ketones (excluding diaryl/α,β-unsaturated/α-hetero) is 1. The molecule has 0 aromatic heterocycles. The number of phenolic OH excluding ortho intramolecular Hbond substituents is 1. The molecule has 0 saturated carbocycles. The molecule has 1 aliphatic heterocycles. The maximum absolute atomic E-state index is 13.1. The van der Waals surface area contributed by atoms with Gasteiger partial charge in [0.2, 0.25) is 0 Å². The number of aromatic hydroxyl groups is 1. The normalized spacial score (nSPS) is 16.9. The third kappa shape index (κ3) is 5.42. The number of aryl methyl sites for hydroxylation is 1. The summed E-state index contributed by atoms with van der Waals surface area (Å²) in [7, 11) is 1.57. The number of rotatable bonds is 9. The van der Waals surface area contributed by atoms with Gasteiger partial charge in [-0.3, -0.25) is 9.59 Å². The first-order chi connectivity index (χ1) is 17.4. The Balaban J connectivity index is 1.62. The molecule has 0 aliphatic carbocycles. The summed E-state index contributed by atoms with van der Waals surface area (Å²) in [5.41, 5.74) is 3.22. The lowest BCUT2D eigenvalue weighted by Crippen LogP contribution is -2.31. The van der Waals surface area contributed by atoms with Crippen molar-refractivity contribution in [3.05, 3.63) is 101 Å². The Hall–Kier alpha value is -4.10. The van der Waals surface area contributed by atoms with E-state index in [9.17, 15) is 19.8 Å². The first-order valence-corrected chi connectivity index (χ1v) is 11.7. The van der Waals surface area contributed by atoms with Gasteiger partial charge >= 0.3 is 0 Å². The van der Waals surface area contributed by atoms with E-state index in [0.717, 1.165) is 11.1 Å². The maximum atomic E-state index is 13.1. The first-order valence-electron chi connectivity index (χ1n) is 11.7. The summed E-state index contributed by atoms with van der Waals surface area (Å²) in [5, 5.41) is 20.9. The Labute approximate surface area is 210 Å². The average Bonchev–Trinajstić information content (AvgIpc) is 3.13. The first kappa shape index (κ1) is 25.0. The molecule has 7 heteroatoms. The van der Waals surface area contributed by atoms with E-state index in [1.807, 2.05) is 25.1 Å². The predicted octanol–water partition coefficient (Wildman–Crippen LogP) is 4.74. The molecule has 7 nitrogen and oxygen atoms in total. The van der Waals surface area contributed by atoms with Gasteiger partial charge in [-0.25, -0.2) is 0 Å². The monoisotopic (exact) mass is 487 g/mol. The van der Waals surface area contributed by atoms with Crippen LogP contribution >= 0.6 is 0 Å². The van der Waals surface area contributed by atoms with Crippen LogP contribution in [0.4, 0.5) is 0 Å². The zero-order valence-corrected chi connectivity index (χ0v) is 20.3. The summed E-state index contributed by atoms with van der Waals surface area (Å²) >= 11 is 0.